The molecule has 0 aromatic rings. The maximum atomic E-state index is 12.8. The summed E-state index contributed by atoms with van der Waals surface area (Å²) in [6.45, 7) is 11.3. The van der Waals surface area contributed by atoms with Crippen molar-refractivity contribution in [3.63, 3.8) is 0 Å². The minimum Gasteiger partial charge on any atom is -0.488 e. The molecule has 0 aliphatic heterocycles. The van der Waals surface area contributed by atoms with Gasteiger partial charge in [0.1, 0.15) is 5.60 Å². The second-order valence-corrected chi connectivity index (χ2v) is 6.86. The van der Waals surface area contributed by atoms with Crippen molar-refractivity contribution in [2.45, 2.75) is 72.2 Å². The Balaban J connectivity index is 2.55. The number of hydrogen-bond acceptors (Lipinski definition) is 4. The third kappa shape index (κ3) is 1.88. The van der Waals surface area contributed by atoms with E-state index in [-0.39, 0.29) is 29.7 Å². The number of ether oxygens (including phenoxy) is 2. The number of ketones is 1. The van der Waals surface area contributed by atoms with Gasteiger partial charge in [0.05, 0.1) is 17.6 Å². The van der Waals surface area contributed by atoms with E-state index in [0.29, 0.717) is 12.2 Å². The molecule has 0 saturated heterocycles. The molecule has 4 nitrogen and oxygen atoms in total. The lowest BCUT2D eigenvalue weighted by Gasteiger charge is -2.36. The highest BCUT2D eigenvalue weighted by Gasteiger charge is 2.69. The van der Waals surface area contributed by atoms with Crippen molar-refractivity contribution in [2.75, 3.05) is 0 Å². The highest BCUT2D eigenvalue weighted by atomic mass is 16.5. The molecule has 4 heteroatoms. The molecule has 0 spiro atoms. The van der Waals surface area contributed by atoms with Crippen LogP contribution in [0.2, 0.25) is 0 Å². The Kier molecular flexibility index (Phi) is 3.66. The van der Waals surface area contributed by atoms with Gasteiger partial charge in [0.15, 0.2) is 5.76 Å². The number of allylic oxidation sites excluding steroid dienone is 1. The number of fused-ring (bicyclic) bond motifs is 1. The predicted octanol–water partition coefficient (Wildman–Crippen LogP) is 2.80. The van der Waals surface area contributed by atoms with Crippen LogP contribution in [0.15, 0.2) is 11.5 Å². The molecule has 2 aliphatic carbocycles. The van der Waals surface area contributed by atoms with E-state index in [4.69, 9.17) is 9.47 Å². The van der Waals surface area contributed by atoms with Crippen molar-refractivity contribution in [2.24, 2.45) is 11.3 Å². The molecule has 3 atom stereocenters. The molecule has 0 bridgehead atoms. The first-order valence-electron chi connectivity index (χ1n) is 7.49. The molecule has 1 N–H and O–H groups in total. The number of carbonyl (C=O) groups excluding carboxylic acids is 1. The topological polar surface area (TPSA) is 55.8 Å². The first kappa shape index (κ1) is 15.4. The molecule has 20 heavy (non-hydrogen) atoms. The Morgan fingerprint density at radius 3 is 2.25 bits per heavy atom. The van der Waals surface area contributed by atoms with Gasteiger partial charge in [-0.15, -0.1) is 0 Å². The van der Waals surface area contributed by atoms with Crippen LogP contribution in [-0.4, -0.2) is 28.7 Å². The fourth-order valence-corrected chi connectivity index (χ4v) is 3.46. The van der Waals surface area contributed by atoms with E-state index in [9.17, 15) is 9.90 Å². The zero-order valence-electron chi connectivity index (χ0n) is 13.3. The molecule has 1 fully saturated rings. The average molecular weight is 282 g/mol. The first-order chi connectivity index (χ1) is 9.14. The molecular formula is C16H26O4. The lowest BCUT2D eigenvalue weighted by molar-refractivity contribution is -0.137. The summed E-state index contributed by atoms with van der Waals surface area (Å²) in [4.78, 5) is 12.8. The van der Waals surface area contributed by atoms with E-state index in [1.54, 1.807) is 0 Å². The predicted molar refractivity (Wildman–Crippen MR) is 75.9 cm³/mol. The molecule has 0 unspecified atom stereocenters. The third-order valence-corrected chi connectivity index (χ3v) is 4.60. The van der Waals surface area contributed by atoms with Crippen molar-refractivity contribution in [3.05, 3.63) is 11.5 Å². The zero-order valence-corrected chi connectivity index (χ0v) is 13.3. The smallest absolute Gasteiger partial charge is 0.210 e. The molecular weight excluding hydrogens is 256 g/mol. The van der Waals surface area contributed by atoms with Crippen LogP contribution in [0.3, 0.4) is 0 Å². The minimum atomic E-state index is -1.24. The maximum Gasteiger partial charge on any atom is 0.210 e. The van der Waals surface area contributed by atoms with Gasteiger partial charge < -0.3 is 14.6 Å². The standard InChI is InChI=1S/C16H26O4/c1-9(2)19-12-13(17)15(6)8-7-11(5)16(15,18)14(12)20-10(3)4/h9-11,18H,7-8H2,1-6H3/t11-,15-,16-/m0/s1. The lowest BCUT2D eigenvalue weighted by atomic mass is 9.74. The Labute approximate surface area is 121 Å². The van der Waals surface area contributed by atoms with Gasteiger partial charge in [-0.2, -0.15) is 0 Å². The van der Waals surface area contributed by atoms with Crippen molar-refractivity contribution >= 4 is 5.78 Å². The molecule has 2 rings (SSSR count). The van der Waals surface area contributed by atoms with Crippen LogP contribution >= 0.6 is 0 Å². The van der Waals surface area contributed by atoms with Crippen molar-refractivity contribution < 1.29 is 19.4 Å². The Morgan fingerprint density at radius 1 is 1.20 bits per heavy atom. The molecule has 0 heterocycles. The zero-order chi connectivity index (χ0) is 15.3. The molecule has 114 valence electrons. The van der Waals surface area contributed by atoms with Gasteiger partial charge in [-0.05, 0) is 53.4 Å². The fraction of sp³-hybridized carbons (Fsp3) is 0.812. The Morgan fingerprint density at radius 2 is 1.75 bits per heavy atom. The van der Waals surface area contributed by atoms with E-state index in [1.165, 1.54) is 0 Å². The van der Waals surface area contributed by atoms with Gasteiger partial charge in [0.2, 0.25) is 11.5 Å². The van der Waals surface area contributed by atoms with Crippen LogP contribution in [0.5, 0.6) is 0 Å². The van der Waals surface area contributed by atoms with Gasteiger partial charge in [-0.25, -0.2) is 0 Å². The van der Waals surface area contributed by atoms with E-state index in [0.717, 1.165) is 6.42 Å². The van der Waals surface area contributed by atoms with Crippen molar-refractivity contribution in [1.29, 1.82) is 0 Å². The first-order valence-corrected chi connectivity index (χ1v) is 7.49. The Bertz CT molecular complexity index is 451. The van der Waals surface area contributed by atoms with Crippen molar-refractivity contribution in [1.82, 2.24) is 0 Å². The number of aliphatic hydroxyl groups is 1. The minimum absolute atomic E-state index is 0.0153. The van der Waals surface area contributed by atoms with E-state index in [1.807, 2.05) is 41.5 Å². The van der Waals surface area contributed by atoms with Crippen LogP contribution in [0, 0.1) is 11.3 Å². The summed E-state index contributed by atoms with van der Waals surface area (Å²) >= 11 is 0. The number of carbonyl (C=O) groups is 1. The molecule has 0 aromatic carbocycles. The van der Waals surface area contributed by atoms with Crippen molar-refractivity contribution in [3.8, 4) is 0 Å². The normalized spacial score (nSPS) is 37.0. The number of Topliss-reactive ketones (excluding diaryl/α,β-unsaturated/α-hetero) is 1. The summed E-state index contributed by atoms with van der Waals surface area (Å²) in [7, 11) is 0. The van der Waals surface area contributed by atoms with Gasteiger partial charge in [0, 0.05) is 0 Å². The molecule has 0 radical (unpaired) electrons. The van der Waals surface area contributed by atoms with Crippen LogP contribution in [0.25, 0.3) is 0 Å². The van der Waals surface area contributed by atoms with Crippen LogP contribution < -0.4 is 0 Å². The summed E-state index contributed by atoms with van der Waals surface area (Å²) in [6, 6.07) is 0. The highest BCUT2D eigenvalue weighted by molar-refractivity contribution is 6.03. The maximum absolute atomic E-state index is 12.8. The van der Waals surface area contributed by atoms with E-state index in [2.05, 4.69) is 0 Å². The highest BCUT2D eigenvalue weighted by Crippen LogP contribution is 2.60. The number of rotatable bonds is 4. The largest absolute Gasteiger partial charge is 0.488 e. The van der Waals surface area contributed by atoms with Crippen LogP contribution in [-0.2, 0) is 14.3 Å². The third-order valence-electron chi connectivity index (χ3n) is 4.60. The monoisotopic (exact) mass is 282 g/mol. The molecule has 1 saturated carbocycles. The SMILES string of the molecule is CC(C)OC1=C(OC(C)C)[C@@]2(O)[C@@H](C)CC[C@@]2(C)C1=O. The molecule has 0 aromatic heterocycles. The number of hydrogen-bond donors (Lipinski definition) is 1. The summed E-state index contributed by atoms with van der Waals surface area (Å²) in [5.41, 5.74) is -2.06. The Hall–Kier alpha value is -1.03. The molecule has 2 aliphatic rings. The molecule has 0 amide bonds. The summed E-state index contributed by atoms with van der Waals surface area (Å²) in [5, 5.41) is 11.2. The summed E-state index contributed by atoms with van der Waals surface area (Å²) in [5.74, 6) is 0.441. The average Bonchev–Trinajstić information content (AvgIpc) is 2.65. The quantitative estimate of drug-likeness (QED) is 0.861. The van der Waals surface area contributed by atoms with Gasteiger partial charge in [0.25, 0.3) is 0 Å². The second-order valence-electron chi connectivity index (χ2n) is 6.86. The van der Waals surface area contributed by atoms with E-state index < -0.39 is 11.0 Å². The summed E-state index contributed by atoms with van der Waals surface area (Å²) < 4.78 is 11.5. The second kappa shape index (κ2) is 4.76. The van der Waals surface area contributed by atoms with Gasteiger partial charge in [-0.1, -0.05) is 6.92 Å². The van der Waals surface area contributed by atoms with Crippen LogP contribution in [0.4, 0.5) is 0 Å². The van der Waals surface area contributed by atoms with Gasteiger partial charge >= 0.3 is 0 Å². The van der Waals surface area contributed by atoms with Gasteiger partial charge in [-0.3, -0.25) is 4.79 Å². The fourth-order valence-electron chi connectivity index (χ4n) is 3.46. The summed E-state index contributed by atoms with van der Waals surface area (Å²) in [6.07, 6.45) is 1.25. The lowest BCUT2D eigenvalue weighted by Crippen LogP contribution is -2.47. The van der Waals surface area contributed by atoms with E-state index >= 15 is 0 Å². The van der Waals surface area contributed by atoms with Crippen LogP contribution in [0.1, 0.15) is 54.4 Å².